The summed E-state index contributed by atoms with van der Waals surface area (Å²) >= 11 is 7.42. The first kappa shape index (κ1) is 17.5. The largest absolute Gasteiger partial charge is 0.366 e. The van der Waals surface area contributed by atoms with Crippen LogP contribution < -0.4 is 16.4 Å². The van der Waals surface area contributed by atoms with Crippen LogP contribution in [0.15, 0.2) is 35.7 Å². The molecule has 1 aromatic carbocycles. The molecule has 0 aliphatic rings. The topological polar surface area (TPSA) is 84.2 Å². The van der Waals surface area contributed by atoms with Gasteiger partial charge < -0.3 is 11.1 Å². The predicted octanol–water partition coefficient (Wildman–Crippen LogP) is 3.18. The van der Waals surface area contributed by atoms with Crippen LogP contribution in [-0.4, -0.2) is 17.9 Å². The number of rotatable bonds is 6. The van der Waals surface area contributed by atoms with Crippen LogP contribution in [0, 0.1) is 0 Å². The van der Waals surface area contributed by atoms with E-state index in [1.807, 2.05) is 31.2 Å². The van der Waals surface area contributed by atoms with Crippen LogP contribution in [-0.2, 0) is 4.79 Å². The zero-order valence-corrected chi connectivity index (χ0v) is 14.4. The Morgan fingerprint density at radius 3 is 2.57 bits per heavy atom. The van der Waals surface area contributed by atoms with Crippen molar-refractivity contribution < 1.29 is 9.59 Å². The summed E-state index contributed by atoms with van der Waals surface area (Å²) in [4.78, 5) is 23.6. The Kier molecular flexibility index (Phi) is 5.76. The predicted molar refractivity (Wildman–Crippen MR) is 93.9 cm³/mol. The number of nitrogens with one attached hydrogen (secondary N) is 2. The maximum Gasteiger partial charge on any atom is 0.251 e. The highest BCUT2D eigenvalue weighted by molar-refractivity contribution is 7.14. The van der Waals surface area contributed by atoms with E-state index in [9.17, 15) is 9.59 Å². The summed E-state index contributed by atoms with van der Waals surface area (Å²) in [7, 11) is 0. The van der Waals surface area contributed by atoms with Gasteiger partial charge in [-0.05, 0) is 36.9 Å². The van der Waals surface area contributed by atoms with Crippen molar-refractivity contribution in [2.45, 2.75) is 25.9 Å². The van der Waals surface area contributed by atoms with Gasteiger partial charge in [0.15, 0.2) is 0 Å². The lowest BCUT2D eigenvalue weighted by molar-refractivity contribution is -0.117. The van der Waals surface area contributed by atoms with Crippen LogP contribution in [0.25, 0.3) is 0 Å². The average molecular weight is 352 g/mol. The van der Waals surface area contributed by atoms with E-state index in [1.54, 1.807) is 18.4 Å². The molecule has 2 amide bonds. The molecule has 0 fully saturated rings. The van der Waals surface area contributed by atoms with Gasteiger partial charge in [-0.2, -0.15) is 0 Å². The minimum Gasteiger partial charge on any atom is -0.366 e. The fourth-order valence-electron chi connectivity index (χ4n) is 2.19. The van der Waals surface area contributed by atoms with E-state index >= 15 is 0 Å². The van der Waals surface area contributed by atoms with Gasteiger partial charge in [0, 0.05) is 11.1 Å². The number of amides is 2. The first-order chi connectivity index (χ1) is 10.9. The summed E-state index contributed by atoms with van der Waals surface area (Å²) in [6.07, 6.45) is 0. The molecule has 0 unspecified atom stereocenters. The van der Waals surface area contributed by atoms with E-state index in [0.29, 0.717) is 15.6 Å². The Labute approximate surface area is 143 Å². The maximum absolute atomic E-state index is 12.3. The van der Waals surface area contributed by atoms with Crippen LogP contribution in [0.5, 0.6) is 0 Å². The van der Waals surface area contributed by atoms with Gasteiger partial charge in [0.2, 0.25) is 5.91 Å². The van der Waals surface area contributed by atoms with Crippen LogP contribution in [0.1, 0.15) is 35.8 Å². The molecule has 2 aromatic rings. The third-order valence-electron chi connectivity index (χ3n) is 3.43. The smallest absolute Gasteiger partial charge is 0.251 e. The first-order valence-corrected chi connectivity index (χ1v) is 8.34. The van der Waals surface area contributed by atoms with Gasteiger partial charge in [0.1, 0.15) is 5.00 Å². The number of nitrogens with two attached hydrogens (primary N) is 1. The highest BCUT2D eigenvalue weighted by Gasteiger charge is 2.20. The van der Waals surface area contributed by atoms with E-state index in [4.69, 9.17) is 17.3 Å². The molecule has 2 atom stereocenters. The Bertz CT molecular complexity index is 717. The number of primary amides is 1. The monoisotopic (exact) mass is 351 g/mol. The lowest BCUT2D eigenvalue weighted by Crippen LogP contribution is -2.39. The normalized spacial score (nSPS) is 13.3. The van der Waals surface area contributed by atoms with Gasteiger partial charge in [0.25, 0.3) is 5.91 Å². The number of carbonyl (C=O) groups excluding carboxylic acids is 2. The van der Waals surface area contributed by atoms with Crippen molar-refractivity contribution in [3.63, 3.8) is 0 Å². The summed E-state index contributed by atoms with van der Waals surface area (Å²) in [5, 5.41) is 8.73. The summed E-state index contributed by atoms with van der Waals surface area (Å²) < 4.78 is 0. The third kappa shape index (κ3) is 4.31. The van der Waals surface area contributed by atoms with Crippen molar-refractivity contribution in [2.75, 3.05) is 5.32 Å². The van der Waals surface area contributed by atoms with E-state index in [0.717, 1.165) is 5.56 Å². The lowest BCUT2D eigenvalue weighted by atomic mass is 10.1. The average Bonchev–Trinajstić information content (AvgIpc) is 2.95. The number of halogens is 1. The quantitative estimate of drug-likeness (QED) is 0.747. The van der Waals surface area contributed by atoms with Gasteiger partial charge in [-0.3, -0.25) is 14.9 Å². The van der Waals surface area contributed by atoms with Gasteiger partial charge in [0.05, 0.1) is 11.6 Å². The van der Waals surface area contributed by atoms with Gasteiger partial charge >= 0.3 is 0 Å². The zero-order valence-electron chi connectivity index (χ0n) is 12.8. The minimum atomic E-state index is -0.563. The second kappa shape index (κ2) is 7.59. The molecule has 0 saturated carbocycles. The van der Waals surface area contributed by atoms with Crippen LogP contribution in [0.4, 0.5) is 5.00 Å². The Morgan fingerprint density at radius 2 is 1.91 bits per heavy atom. The van der Waals surface area contributed by atoms with Gasteiger partial charge in [-0.25, -0.2) is 0 Å². The second-order valence-electron chi connectivity index (χ2n) is 5.15. The van der Waals surface area contributed by atoms with Crippen molar-refractivity contribution in [2.24, 2.45) is 5.73 Å². The fourth-order valence-corrected chi connectivity index (χ4v) is 3.28. The van der Waals surface area contributed by atoms with Crippen molar-refractivity contribution in [1.29, 1.82) is 0 Å². The first-order valence-electron chi connectivity index (χ1n) is 7.08. The molecule has 0 radical (unpaired) electrons. The molecule has 122 valence electrons. The van der Waals surface area contributed by atoms with Crippen LogP contribution >= 0.6 is 22.9 Å². The molecule has 7 heteroatoms. The van der Waals surface area contributed by atoms with Gasteiger partial charge in [-0.15, -0.1) is 11.3 Å². The molecule has 0 aliphatic carbocycles. The van der Waals surface area contributed by atoms with E-state index in [1.165, 1.54) is 11.3 Å². The number of benzene rings is 1. The van der Waals surface area contributed by atoms with Crippen LogP contribution in [0.3, 0.4) is 0 Å². The molecule has 0 saturated heterocycles. The lowest BCUT2D eigenvalue weighted by Gasteiger charge is -2.20. The van der Waals surface area contributed by atoms with Gasteiger partial charge in [-0.1, -0.05) is 29.8 Å². The van der Waals surface area contributed by atoms with Crippen molar-refractivity contribution >= 4 is 39.8 Å². The molecule has 1 aromatic heterocycles. The molecule has 0 bridgehead atoms. The summed E-state index contributed by atoms with van der Waals surface area (Å²) in [5.41, 5.74) is 6.50. The SMILES string of the molecule is C[C@H](N[C@H](C)C(=O)Nc1sccc1C(N)=O)c1ccccc1Cl. The highest BCUT2D eigenvalue weighted by atomic mass is 35.5. The van der Waals surface area contributed by atoms with E-state index in [-0.39, 0.29) is 11.9 Å². The van der Waals surface area contributed by atoms with Crippen LogP contribution in [0.2, 0.25) is 5.02 Å². The third-order valence-corrected chi connectivity index (χ3v) is 4.61. The van der Waals surface area contributed by atoms with E-state index in [2.05, 4.69) is 10.6 Å². The molecule has 23 heavy (non-hydrogen) atoms. The summed E-state index contributed by atoms with van der Waals surface area (Å²) in [5.74, 6) is -0.805. The molecule has 2 rings (SSSR count). The van der Waals surface area contributed by atoms with Crippen molar-refractivity contribution in [3.05, 3.63) is 51.9 Å². The molecular weight excluding hydrogens is 334 g/mol. The number of carbonyl (C=O) groups is 2. The maximum atomic E-state index is 12.3. The minimum absolute atomic E-state index is 0.0941. The molecule has 4 N–H and O–H groups in total. The Morgan fingerprint density at radius 1 is 1.22 bits per heavy atom. The molecule has 5 nitrogen and oxygen atoms in total. The van der Waals surface area contributed by atoms with Crippen molar-refractivity contribution in [3.8, 4) is 0 Å². The fraction of sp³-hybridized carbons (Fsp3) is 0.250. The summed E-state index contributed by atoms with van der Waals surface area (Å²) in [6, 6.07) is 8.51. The zero-order chi connectivity index (χ0) is 17.0. The second-order valence-corrected chi connectivity index (χ2v) is 6.47. The Hall–Kier alpha value is -1.89. The number of thiophene rings is 1. The standard InChI is InChI=1S/C16H18ClN3O2S/c1-9(11-5-3-4-6-13(11)17)19-10(2)15(22)20-16-12(14(18)21)7-8-23-16/h3-10,19H,1-2H3,(H2,18,21)(H,20,22)/t9-,10+/m0/s1. The molecule has 0 aliphatic heterocycles. The molecule has 0 spiro atoms. The number of hydrogen-bond acceptors (Lipinski definition) is 4. The van der Waals surface area contributed by atoms with E-state index < -0.39 is 11.9 Å². The molecule has 1 heterocycles. The summed E-state index contributed by atoms with van der Waals surface area (Å²) in [6.45, 7) is 3.69. The highest BCUT2D eigenvalue weighted by Crippen LogP contribution is 2.24. The molecular formula is C16H18ClN3O2S. The van der Waals surface area contributed by atoms with Crippen molar-refractivity contribution in [1.82, 2.24) is 5.32 Å². The Balaban J connectivity index is 2.01. The number of hydrogen-bond donors (Lipinski definition) is 3. The number of anilines is 1.